The van der Waals surface area contributed by atoms with Crippen molar-refractivity contribution in [3.63, 3.8) is 0 Å². The van der Waals surface area contributed by atoms with Crippen LogP contribution in [0.5, 0.6) is 0 Å². The summed E-state index contributed by atoms with van der Waals surface area (Å²) in [6.07, 6.45) is 0.822. The van der Waals surface area contributed by atoms with Crippen LogP contribution in [-0.4, -0.2) is 42.7 Å². The number of nitrogens with one attached hydrogen (secondary N) is 2. The van der Waals surface area contributed by atoms with E-state index in [1.165, 1.54) is 11.8 Å². The van der Waals surface area contributed by atoms with E-state index in [1.54, 1.807) is 6.92 Å². The van der Waals surface area contributed by atoms with Crippen LogP contribution in [0, 0.1) is 13.8 Å². The van der Waals surface area contributed by atoms with Gasteiger partial charge in [0.15, 0.2) is 6.61 Å². The van der Waals surface area contributed by atoms with Crippen LogP contribution in [0.25, 0.3) is 0 Å². The van der Waals surface area contributed by atoms with Gasteiger partial charge in [-0.15, -0.1) is 11.8 Å². The molecule has 0 aliphatic heterocycles. The Morgan fingerprint density at radius 3 is 2.60 bits per heavy atom. The van der Waals surface area contributed by atoms with E-state index in [1.807, 2.05) is 39.0 Å². The van der Waals surface area contributed by atoms with Crippen molar-refractivity contribution in [3.05, 3.63) is 29.3 Å². The van der Waals surface area contributed by atoms with E-state index in [9.17, 15) is 14.4 Å². The zero-order valence-corrected chi connectivity index (χ0v) is 16.0. The molecule has 0 fully saturated rings. The second-order valence-electron chi connectivity index (χ2n) is 5.80. The summed E-state index contributed by atoms with van der Waals surface area (Å²) in [7, 11) is 0. The molecule has 2 N–H and O–H groups in total. The van der Waals surface area contributed by atoms with Crippen molar-refractivity contribution in [2.24, 2.45) is 0 Å². The van der Waals surface area contributed by atoms with Crippen molar-refractivity contribution in [2.75, 3.05) is 18.9 Å². The average molecular weight is 366 g/mol. The van der Waals surface area contributed by atoms with Crippen molar-refractivity contribution in [2.45, 2.75) is 45.1 Å². The average Bonchev–Trinajstić information content (AvgIpc) is 2.56. The van der Waals surface area contributed by atoms with Crippen LogP contribution in [0.15, 0.2) is 23.1 Å². The van der Waals surface area contributed by atoms with Crippen molar-refractivity contribution in [1.29, 1.82) is 0 Å². The fraction of sp³-hybridized carbons (Fsp3) is 0.500. The third kappa shape index (κ3) is 8.07. The van der Waals surface area contributed by atoms with E-state index in [2.05, 4.69) is 10.6 Å². The van der Waals surface area contributed by atoms with E-state index < -0.39 is 24.5 Å². The van der Waals surface area contributed by atoms with Gasteiger partial charge in [0.1, 0.15) is 6.04 Å². The molecule has 1 aromatic rings. The van der Waals surface area contributed by atoms with E-state index in [0.29, 0.717) is 6.54 Å². The number of thioether (sulfide) groups is 1. The molecule has 0 aliphatic carbocycles. The zero-order valence-electron chi connectivity index (χ0n) is 15.2. The molecule has 0 unspecified atom stereocenters. The molecule has 138 valence electrons. The lowest BCUT2D eigenvalue weighted by Crippen LogP contribution is -2.46. The molecule has 0 saturated carbocycles. The van der Waals surface area contributed by atoms with Crippen LogP contribution in [0.3, 0.4) is 0 Å². The SMILES string of the molecule is CCCNC(=O)[C@@H](C)NC(=O)COC(=O)CSc1ccc(C)cc1C. The van der Waals surface area contributed by atoms with Gasteiger partial charge < -0.3 is 15.4 Å². The van der Waals surface area contributed by atoms with Crippen LogP contribution in [-0.2, 0) is 19.1 Å². The van der Waals surface area contributed by atoms with Gasteiger partial charge in [-0.05, 0) is 38.8 Å². The van der Waals surface area contributed by atoms with Crippen molar-refractivity contribution in [1.82, 2.24) is 10.6 Å². The Hall–Kier alpha value is -2.02. The molecular weight excluding hydrogens is 340 g/mol. The molecule has 0 radical (unpaired) electrons. The maximum Gasteiger partial charge on any atom is 0.316 e. The minimum Gasteiger partial charge on any atom is -0.455 e. The summed E-state index contributed by atoms with van der Waals surface area (Å²) in [4.78, 5) is 36.1. The summed E-state index contributed by atoms with van der Waals surface area (Å²) in [6, 6.07) is 5.33. The molecule has 0 bridgehead atoms. The number of hydrogen-bond acceptors (Lipinski definition) is 5. The second-order valence-corrected chi connectivity index (χ2v) is 6.82. The minimum atomic E-state index is -0.665. The number of benzene rings is 1. The Kier molecular flexibility index (Phi) is 9.05. The van der Waals surface area contributed by atoms with Crippen LogP contribution >= 0.6 is 11.8 Å². The maximum absolute atomic E-state index is 11.8. The normalized spacial score (nSPS) is 11.5. The second kappa shape index (κ2) is 10.8. The molecule has 2 amide bonds. The summed E-state index contributed by atoms with van der Waals surface area (Å²) < 4.78 is 4.95. The maximum atomic E-state index is 11.8. The van der Waals surface area contributed by atoms with E-state index in [4.69, 9.17) is 4.74 Å². The first-order valence-corrected chi connectivity index (χ1v) is 9.24. The first-order chi connectivity index (χ1) is 11.8. The lowest BCUT2D eigenvalue weighted by atomic mass is 10.2. The standard InChI is InChI=1S/C18H26N2O4S/c1-5-8-19-18(23)14(4)20-16(21)10-24-17(22)11-25-15-7-6-12(2)9-13(15)3/h6-7,9,14H,5,8,10-11H2,1-4H3,(H,19,23)(H,20,21)/t14-/m1/s1. The van der Waals surface area contributed by atoms with Gasteiger partial charge in [0.2, 0.25) is 5.91 Å². The summed E-state index contributed by atoms with van der Waals surface area (Å²) >= 11 is 1.37. The van der Waals surface area contributed by atoms with E-state index in [0.717, 1.165) is 22.4 Å². The highest BCUT2D eigenvalue weighted by atomic mass is 32.2. The Morgan fingerprint density at radius 2 is 1.96 bits per heavy atom. The first-order valence-electron chi connectivity index (χ1n) is 8.26. The van der Waals surface area contributed by atoms with Crippen LogP contribution < -0.4 is 10.6 Å². The number of carbonyl (C=O) groups excluding carboxylic acids is 3. The quantitative estimate of drug-likeness (QED) is 0.516. The Labute approximate surface area is 153 Å². The van der Waals surface area contributed by atoms with Crippen molar-refractivity contribution >= 4 is 29.5 Å². The van der Waals surface area contributed by atoms with Gasteiger partial charge in [0.05, 0.1) is 5.75 Å². The van der Waals surface area contributed by atoms with Gasteiger partial charge in [0.25, 0.3) is 5.91 Å². The number of rotatable bonds is 9. The number of amides is 2. The minimum absolute atomic E-state index is 0.129. The molecule has 0 aromatic heterocycles. The number of esters is 1. The monoisotopic (exact) mass is 366 g/mol. The van der Waals surface area contributed by atoms with Crippen LogP contribution in [0.4, 0.5) is 0 Å². The fourth-order valence-corrected chi connectivity index (χ4v) is 2.84. The summed E-state index contributed by atoms with van der Waals surface area (Å²) in [5, 5.41) is 5.18. The zero-order chi connectivity index (χ0) is 18.8. The highest BCUT2D eigenvalue weighted by molar-refractivity contribution is 8.00. The summed E-state index contributed by atoms with van der Waals surface area (Å²) in [5.41, 5.74) is 2.26. The summed E-state index contributed by atoms with van der Waals surface area (Å²) in [5.74, 6) is -1.09. The molecule has 25 heavy (non-hydrogen) atoms. The van der Waals surface area contributed by atoms with Crippen LogP contribution in [0.2, 0.25) is 0 Å². The first kappa shape index (κ1) is 21.0. The third-order valence-electron chi connectivity index (χ3n) is 3.36. The molecule has 6 nitrogen and oxygen atoms in total. The lowest BCUT2D eigenvalue weighted by Gasteiger charge is -2.13. The predicted molar refractivity (Wildman–Crippen MR) is 98.5 cm³/mol. The summed E-state index contributed by atoms with van der Waals surface area (Å²) in [6.45, 7) is 7.69. The molecule has 0 saturated heterocycles. The van der Waals surface area contributed by atoms with Crippen molar-refractivity contribution in [3.8, 4) is 0 Å². The number of carbonyl (C=O) groups is 3. The Morgan fingerprint density at radius 1 is 1.24 bits per heavy atom. The van der Waals surface area contributed by atoms with Gasteiger partial charge in [0, 0.05) is 11.4 Å². The third-order valence-corrected chi connectivity index (χ3v) is 4.51. The van der Waals surface area contributed by atoms with Gasteiger partial charge >= 0.3 is 5.97 Å². The highest BCUT2D eigenvalue weighted by Gasteiger charge is 2.16. The predicted octanol–water partition coefficient (Wildman–Crippen LogP) is 1.97. The topological polar surface area (TPSA) is 84.5 Å². The lowest BCUT2D eigenvalue weighted by molar-refractivity contribution is -0.146. The Bertz CT molecular complexity index is 619. The molecule has 0 spiro atoms. The smallest absolute Gasteiger partial charge is 0.316 e. The Balaban J connectivity index is 2.31. The van der Waals surface area contributed by atoms with Gasteiger partial charge in [-0.2, -0.15) is 0 Å². The fourth-order valence-electron chi connectivity index (χ4n) is 2.04. The number of aryl methyl sites for hydroxylation is 2. The van der Waals surface area contributed by atoms with E-state index in [-0.39, 0.29) is 11.7 Å². The molecule has 0 heterocycles. The van der Waals surface area contributed by atoms with Gasteiger partial charge in [-0.3, -0.25) is 14.4 Å². The molecule has 1 atom stereocenters. The highest BCUT2D eigenvalue weighted by Crippen LogP contribution is 2.23. The van der Waals surface area contributed by atoms with Gasteiger partial charge in [-0.1, -0.05) is 24.6 Å². The molecule has 1 rings (SSSR count). The molecule has 7 heteroatoms. The van der Waals surface area contributed by atoms with Gasteiger partial charge in [-0.25, -0.2) is 0 Å². The molecule has 1 aromatic carbocycles. The number of hydrogen-bond donors (Lipinski definition) is 2. The van der Waals surface area contributed by atoms with E-state index >= 15 is 0 Å². The molecular formula is C18H26N2O4S. The largest absolute Gasteiger partial charge is 0.455 e. The molecule has 0 aliphatic rings. The number of ether oxygens (including phenoxy) is 1. The van der Waals surface area contributed by atoms with Crippen molar-refractivity contribution < 1.29 is 19.1 Å². The van der Waals surface area contributed by atoms with Crippen LogP contribution in [0.1, 0.15) is 31.4 Å².